The van der Waals surface area contributed by atoms with Crippen LogP contribution in [0, 0.1) is 0 Å². The van der Waals surface area contributed by atoms with Crippen LogP contribution >= 0.6 is 0 Å². The number of hydrogen-bond donors (Lipinski definition) is 1. The maximum absolute atomic E-state index is 5.50. The van der Waals surface area contributed by atoms with Crippen LogP contribution in [-0.4, -0.2) is 22.1 Å². The third kappa shape index (κ3) is 2.01. The van der Waals surface area contributed by atoms with E-state index in [-0.39, 0.29) is 5.95 Å². The molecule has 0 amide bonds. The van der Waals surface area contributed by atoms with Crippen molar-refractivity contribution >= 4 is 5.95 Å². The van der Waals surface area contributed by atoms with E-state index in [1.165, 1.54) is 0 Å². The zero-order valence-corrected chi connectivity index (χ0v) is 8.21. The molecule has 5 heteroatoms. The molecule has 0 atom stereocenters. The number of anilines is 1. The van der Waals surface area contributed by atoms with Crippen molar-refractivity contribution in [2.24, 2.45) is 0 Å². The smallest absolute Gasteiger partial charge is 0.220 e. The fourth-order valence-electron chi connectivity index (χ4n) is 1.21. The van der Waals surface area contributed by atoms with Crippen molar-refractivity contribution in [1.29, 1.82) is 0 Å². The van der Waals surface area contributed by atoms with Gasteiger partial charge < -0.3 is 10.5 Å². The molecule has 0 unspecified atom stereocenters. The number of rotatable bonds is 2. The molecule has 0 radical (unpaired) electrons. The van der Waals surface area contributed by atoms with Crippen molar-refractivity contribution < 1.29 is 4.74 Å². The lowest BCUT2D eigenvalue weighted by Gasteiger charge is -2.02. The molecule has 0 aliphatic rings. The highest BCUT2D eigenvalue weighted by Gasteiger charge is 2.02. The van der Waals surface area contributed by atoms with E-state index in [9.17, 15) is 0 Å². The van der Waals surface area contributed by atoms with Crippen LogP contribution in [0.4, 0.5) is 5.95 Å². The molecule has 0 saturated heterocycles. The Bertz CT molecular complexity index is 472. The van der Waals surface area contributed by atoms with E-state index in [0.29, 0.717) is 5.88 Å². The number of pyridine rings is 1. The summed E-state index contributed by atoms with van der Waals surface area (Å²) < 4.78 is 5.02. The molecule has 76 valence electrons. The molecule has 0 aliphatic heterocycles. The van der Waals surface area contributed by atoms with Crippen molar-refractivity contribution in [1.82, 2.24) is 15.0 Å². The van der Waals surface area contributed by atoms with Crippen LogP contribution in [-0.2, 0) is 0 Å². The molecule has 2 rings (SSSR count). The molecule has 0 aromatic carbocycles. The summed E-state index contributed by atoms with van der Waals surface area (Å²) in [6, 6.07) is 5.41. The molecule has 2 N–H and O–H groups in total. The zero-order valence-electron chi connectivity index (χ0n) is 8.21. The first-order chi connectivity index (χ1) is 7.29. The molecular weight excluding hydrogens is 192 g/mol. The minimum absolute atomic E-state index is 0.253. The van der Waals surface area contributed by atoms with Crippen LogP contribution in [0.5, 0.6) is 5.88 Å². The minimum Gasteiger partial charge on any atom is -0.481 e. The Morgan fingerprint density at radius 2 is 2.00 bits per heavy atom. The highest BCUT2D eigenvalue weighted by molar-refractivity contribution is 5.60. The van der Waals surface area contributed by atoms with E-state index in [1.54, 1.807) is 31.6 Å². The van der Waals surface area contributed by atoms with Gasteiger partial charge in [0.1, 0.15) is 0 Å². The fraction of sp³-hybridized carbons (Fsp3) is 0.100. The van der Waals surface area contributed by atoms with Crippen LogP contribution in [0.1, 0.15) is 0 Å². The largest absolute Gasteiger partial charge is 0.481 e. The van der Waals surface area contributed by atoms with E-state index in [1.807, 2.05) is 6.07 Å². The Morgan fingerprint density at radius 1 is 1.20 bits per heavy atom. The fourth-order valence-corrected chi connectivity index (χ4v) is 1.21. The predicted molar refractivity (Wildman–Crippen MR) is 56.2 cm³/mol. The highest BCUT2D eigenvalue weighted by atomic mass is 16.5. The van der Waals surface area contributed by atoms with Gasteiger partial charge in [0, 0.05) is 24.0 Å². The lowest BCUT2D eigenvalue weighted by Crippen LogP contribution is -1.95. The van der Waals surface area contributed by atoms with Gasteiger partial charge in [0.25, 0.3) is 0 Å². The topological polar surface area (TPSA) is 73.9 Å². The molecule has 0 spiro atoms. The summed E-state index contributed by atoms with van der Waals surface area (Å²) in [5.41, 5.74) is 7.15. The quantitative estimate of drug-likeness (QED) is 0.790. The summed E-state index contributed by atoms with van der Waals surface area (Å²) in [5.74, 6) is 0.799. The standard InChI is InChI=1S/C10H10N4O/c1-15-9-6-7(2-4-12-9)8-3-5-13-10(11)14-8/h2-6H,1H3,(H2,11,13,14). The van der Waals surface area contributed by atoms with Gasteiger partial charge in [0.2, 0.25) is 11.8 Å². The van der Waals surface area contributed by atoms with Gasteiger partial charge in [-0.05, 0) is 12.1 Å². The van der Waals surface area contributed by atoms with Crippen molar-refractivity contribution in [3.8, 4) is 17.1 Å². The van der Waals surface area contributed by atoms with Crippen molar-refractivity contribution in [2.75, 3.05) is 12.8 Å². The average molecular weight is 202 g/mol. The lowest BCUT2D eigenvalue weighted by atomic mass is 10.2. The Morgan fingerprint density at radius 3 is 2.73 bits per heavy atom. The van der Waals surface area contributed by atoms with Gasteiger partial charge in [-0.2, -0.15) is 0 Å². The highest BCUT2D eigenvalue weighted by Crippen LogP contribution is 2.19. The first kappa shape index (κ1) is 9.39. The number of nitrogens with zero attached hydrogens (tertiary/aromatic N) is 3. The van der Waals surface area contributed by atoms with Crippen LogP contribution in [0.2, 0.25) is 0 Å². The predicted octanol–water partition coefficient (Wildman–Crippen LogP) is 1.13. The second kappa shape index (κ2) is 3.91. The lowest BCUT2D eigenvalue weighted by molar-refractivity contribution is 0.398. The number of hydrogen-bond acceptors (Lipinski definition) is 5. The Hall–Kier alpha value is -2.17. The van der Waals surface area contributed by atoms with Crippen LogP contribution in [0.15, 0.2) is 30.6 Å². The Labute approximate surface area is 87.0 Å². The van der Waals surface area contributed by atoms with E-state index < -0.39 is 0 Å². The summed E-state index contributed by atoms with van der Waals surface area (Å²) in [5, 5.41) is 0. The second-order valence-electron chi connectivity index (χ2n) is 2.89. The van der Waals surface area contributed by atoms with Gasteiger partial charge in [-0.25, -0.2) is 15.0 Å². The molecule has 0 saturated carbocycles. The first-order valence-corrected chi connectivity index (χ1v) is 4.38. The number of methoxy groups -OCH3 is 1. The van der Waals surface area contributed by atoms with Gasteiger partial charge >= 0.3 is 0 Å². The van der Waals surface area contributed by atoms with Crippen LogP contribution < -0.4 is 10.5 Å². The summed E-state index contributed by atoms with van der Waals surface area (Å²) in [4.78, 5) is 11.9. The van der Waals surface area contributed by atoms with Crippen molar-refractivity contribution in [3.63, 3.8) is 0 Å². The number of nitrogens with two attached hydrogens (primary N) is 1. The summed E-state index contributed by atoms with van der Waals surface area (Å²) in [7, 11) is 1.57. The maximum atomic E-state index is 5.50. The monoisotopic (exact) mass is 202 g/mol. The molecule has 0 aliphatic carbocycles. The van der Waals surface area contributed by atoms with Crippen LogP contribution in [0.3, 0.4) is 0 Å². The minimum atomic E-state index is 0.253. The Kier molecular flexibility index (Phi) is 2.45. The van der Waals surface area contributed by atoms with Gasteiger partial charge in [0.05, 0.1) is 12.8 Å². The average Bonchev–Trinajstić information content (AvgIpc) is 2.29. The normalized spacial score (nSPS) is 9.93. The van der Waals surface area contributed by atoms with Gasteiger partial charge in [-0.3, -0.25) is 0 Å². The molecule has 2 aromatic heterocycles. The van der Waals surface area contributed by atoms with E-state index in [0.717, 1.165) is 11.3 Å². The van der Waals surface area contributed by atoms with Crippen molar-refractivity contribution in [2.45, 2.75) is 0 Å². The first-order valence-electron chi connectivity index (χ1n) is 4.38. The number of aromatic nitrogens is 3. The maximum Gasteiger partial charge on any atom is 0.220 e. The summed E-state index contributed by atoms with van der Waals surface area (Å²) in [6.45, 7) is 0. The number of nitrogen functional groups attached to an aromatic ring is 1. The third-order valence-corrected chi connectivity index (χ3v) is 1.91. The Balaban J connectivity index is 2.44. The zero-order chi connectivity index (χ0) is 10.7. The van der Waals surface area contributed by atoms with Gasteiger partial charge in [-0.1, -0.05) is 0 Å². The summed E-state index contributed by atoms with van der Waals surface area (Å²) in [6.07, 6.45) is 3.27. The third-order valence-electron chi connectivity index (χ3n) is 1.91. The van der Waals surface area contributed by atoms with E-state index in [2.05, 4.69) is 15.0 Å². The SMILES string of the molecule is COc1cc(-c2ccnc(N)n2)ccn1. The number of ether oxygens (including phenoxy) is 1. The second-order valence-corrected chi connectivity index (χ2v) is 2.89. The summed E-state index contributed by atoms with van der Waals surface area (Å²) >= 11 is 0. The molecule has 0 bridgehead atoms. The van der Waals surface area contributed by atoms with Crippen LogP contribution in [0.25, 0.3) is 11.3 Å². The molecule has 2 heterocycles. The van der Waals surface area contributed by atoms with E-state index >= 15 is 0 Å². The molecule has 0 fully saturated rings. The molecule has 15 heavy (non-hydrogen) atoms. The van der Waals surface area contributed by atoms with E-state index in [4.69, 9.17) is 10.5 Å². The molecule has 5 nitrogen and oxygen atoms in total. The van der Waals surface area contributed by atoms with Gasteiger partial charge in [0.15, 0.2) is 0 Å². The van der Waals surface area contributed by atoms with Crippen molar-refractivity contribution in [3.05, 3.63) is 30.6 Å². The van der Waals surface area contributed by atoms with Gasteiger partial charge in [-0.15, -0.1) is 0 Å². The molecule has 2 aromatic rings. The molecular formula is C10H10N4O.